The normalized spacial score (nSPS) is 13.9. The van der Waals surface area contributed by atoms with Gasteiger partial charge < -0.3 is 15.8 Å². The number of carbonyl (C=O) groups excluding carboxylic acids is 1. The van der Waals surface area contributed by atoms with Crippen molar-refractivity contribution in [3.63, 3.8) is 0 Å². The molecule has 1 amide bonds. The first kappa shape index (κ1) is 21.9. The van der Waals surface area contributed by atoms with Crippen LogP contribution < -0.4 is 15.8 Å². The molecule has 7 heteroatoms. The van der Waals surface area contributed by atoms with Crippen molar-refractivity contribution in [3.8, 4) is 5.75 Å². The second-order valence-electron chi connectivity index (χ2n) is 6.02. The zero-order chi connectivity index (χ0) is 18.4. The van der Waals surface area contributed by atoms with Crippen molar-refractivity contribution in [1.29, 1.82) is 0 Å². The maximum atomic E-state index is 13.5. The monoisotopic (exact) mass is 384 g/mol. The van der Waals surface area contributed by atoms with E-state index in [-0.39, 0.29) is 36.7 Å². The molecule has 0 aliphatic heterocycles. The predicted molar refractivity (Wildman–Crippen MR) is 99.2 cm³/mol. The number of halogens is 3. The summed E-state index contributed by atoms with van der Waals surface area (Å²) in [5.41, 5.74) is 7.01. The van der Waals surface area contributed by atoms with Crippen molar-refractivity contribution >= 4 is 18.3 Å². The molecule has 0 aliphatic rings. The molecule has 2 aromatic carbocycles. The average Bonchev–Trinajstić information content (AvgIpc) is 2.60. The summed E-state index contributed by atoms with van der Waals surface area (Å²) < 4.78 is 31.7. The minimum Gasteiger partial charge on any atom is -0.488 e. The van der Waals surface area contributed by atoms with Gasteiger partial charge in [-0.05, 0) is 24.6 Å². The first-order valence-corrected chi connectivity index (χ1v) is 8.07. The van der Waals surface area contributed by atoms with Crippen molar-refractivity contribution in [3.05, 3.63) is 65.7 Å². The van der Waals surface area contributed by atoms with Crippen LogP contribution in [0, 0.1) is 17.6 Å². The molecule has 3 N–H and O–H groups in total. The van der Waals surface area contributed by atoms with Crippen LogP contribution in [0.25, 0.3) is 0 Å². The van der Waals surface area contributed by atoms with Crippen molar-refractivity contribution < 1.29 is 18.3 Å². The second-order valence-corrected chi connectivity index (χ2v) is 6.02. The van der Waals surface area contributed by atoms with Crippen LogP contribution in [0.2, 0.25) is 0 Å². The predicted octanol–water partition coefficient (Wildman–Crippen LogP) is 3.61. The quantitative estimate of drug-likeness (QED) is 0.766. The summed E-state index contributed by atoms with van der Waals surface area (Å²) in [5.74, 6) is -2.16. The fourth-order valence-electron chi connectivity index (χ4n) is 2.35. The molecule has 142 valence electrons. The number of nitrogens with two attached hydrogens (primary N) is 1. The molecule has 0 saturated carbocycles. The maximum Gasteiger partial charge on any atom is 0.225 e. The topological polar surface area (TPSA) is 64.3 Å². The zero-order valence-corrected chi connectivity index (χ0v) is 15.4. The highest BCUT2D eigenvalue weighted by atomic mass is 35.5. The van der Waals surface area contributed by atoms with Crippen LogP contribution in [0.15, 0.2) is 48.5 Å². The maximum absolute atomic E-state index is 13.5. The van der Waals surface area contributed by atoms with Crippen LogP contribution >= 0.6 is 12.4 Å². The summed E-state index contributed by atoms with van der Waals surface area (Å²) in [6.45, 7) is 3.54. The lowest BCUT2D eigenvalue weighted by atomic mass is 9.94. The van der Waals surface area contributed by atoms with E-state index in [2.05, 4.69) is 5.32 Å². The van der Waals surface area contributed by atoms with Crippen LogP contribution in [0.3, 0.4) is 0 Å². The molecule has 26 heavy (non-hydrogen) atoms. The summed E-state index contributed by atoms with van der Waals surface area (Å²) in [6, 6.07) is 11.7. The Morgan fingerprint density at radius 3 is 2.42 bits per heavy atom. The first-order valence-electron chi connectivity index (χ1n) is 8.07. The molecule has 0 saturated heterocycles. The van der Waals surface area contributed by atoms with Gasteiger partial charge in [-0.15, -0.1) is 12.4 Å². The molecule has 3 unspecified atom stereocenters. The van der Waals surface area contributed by atoms with Crippen LogP contribution in [-0.4, -0.2) is 18.6 Å². The fraction of sp³-hybridized carbons (Fsp3) is 0.316. The van der Waals surface area contributed by atoms with E-state index in [4.69, 9.17) is 10.5 Å². The third kappa shape index (κ3) is 5.97. The molecule has 2 aromatic rings. The Balaban J connectivity index is 0.00000338. The van der Waals surface area contributed by atoms with Gasteiger partial charge in [-0.2, -0.15) is 0 Å². The number of benzene rings is 2. The SMILES string of the molecule is CC(COc1ccc(F)cc1F)NC(=O)C(C)C(N)c1ccccc1.Cl. The highest BCUT2D eigenvalue weighted by Gasteiger charge is 2.23. The van der Waals surface area contributed by atoms with Crippen LogP contribution in [-0.2, 0) is 4.79 Å². The smallest absolute Gasteiger partial charge is 0.225 e. The lowest BCUT2D eigenvalue weighted by molar-refractivity contribution is -0.126. The summed E-state index contributed by atoms with van der Waals surface area (Å²) in [4.78, 5) is 12.3. The Labute approximate surface area is 158 Å². The highest BCUT2D eigenvalue weighted by Crippen LogP contribution is 2.20. The fourth-order valence-corrected chi connectivity index (χ4v) is 2.35. The van der Waals surface area contributed by atoms with E-state index in [1.165, 1.54) is 6.07 Å². The Bertz CT molecular complexity index is 716. The summed E-state index contributed by atoms with van der Waals surface area (Å²) in [7, 11) is 0. The van der Waals surface area contributed by atoms with Gasteiger partial charge in [-0.25, -0.2) is 8.78 Å². The van der Waals surface area contributed by atoms with Crippen molar-refractivity contribution in [1.82, 2.24) is 5.32 Å². The molecular formula is C19H23ClF2N2O2. The Morgan fingerprint density at radius 2 is 1.81 bits per heavy atom. The van der Waals surface area contributed by atoms with E-state index in [1.807, 2.05) is 30.3 Å². The number of hydrogen-bond donors (Lipinski definition) is 2. The van der Waals surface area contributed by atoms with Crippen LogP contribution in [0.1, 0.15) is 25.5 Å². The lowest BCUT2D eigenvalue weighted by Gasteiger charge is -2.22. The Kier molecular flexibility index (Phi) is 8.48. The van der Waals surface area contributed by atoms with Gasteiger partial charge in [0, 0.05) is 12.1 Å². The third-order valence-corrected chi connectivity index (χ3v) is 3.91. The summed E-state index contributed by atoms with van der Waals surface area (Å²) in [5, 5.41) is 2.79. The summed E-state index contributed by atoms with van der Waals surface area (Å²) >= 11 is 0. The number of ether oxygens (including phenoxy) is 1. The largest absolute Gasteiger partial charge is 0.488 e. The molecule has 0 fully saturated rings. The standard InChI is InChI=1S/C19H22F2N2O2.ClH/c1-12(11-25-17-9-8-15(20)10-16(17)21)23-19(24)13(2)18(22)14-6-4-3-5-7-14;/h3-10,12-13,18H,11,22H2,1-2H3,(H,23,24);1H. The van der Waals surface area contributed by atoms with Crippen LogP contribution in [0.4, 0.5) is 8.78 Å². The molecular weight excluding hydrogens is 362 g/mol. The molecule has 0 aliphatic carbocycles. The molecule has 2 rings (SSSR count). The molecule has 3 atom stereocenters. The Hall–Kier alpha value is -2.18. The van der Waals surface area contributed by atoms with E-state index in [9.17, 15) is 13.6 Å². The van der Waals surface area contributed by atoms with Gasteiger partial charge in [0.1, 0.15) is 12.4 Å². The van der Waals surface area contributed by atoms with E-state index >= 15 is 0 Å². The van der Waals surface area contributed by atoms with E-state index in [0.29, 0.717) is 0 Å². The van der Waals surface area contributed by atoms with Gasteiger partial charge in [-0.3, -0.25) is 4.79 Å². The average molecular weight is 385 g/mol. The van der Waals surface area contributed by atoms with Crippen molar-refractivity contribution in [2.75, 3.05) is 6.61 Å². The van der Waals surface area contributed by atoms with Gasteiger partial charge >= 0.3 is 0 Å². The van der Waals surface area contributed by atoms with Gasteiger partial charge in [0.25, 0.3) is 0 Å². The Morgan fingerprint density at radius 1 is 1.15 bits per heavy atom. The van der Waals surface area contributed by atoms with E-state index in [0.717, 1.165) is 17.7 Å². The van der Waals surface area contributed by atoms with Gasteiger partial charge in [0.2, 0.25) is 5.91 Å². The number of rotatable bonds is 7. The molecule has 4 nitrogen and oxygen atoms in total. The molecule has 0 heterocycles. The van der Waals surface area contributed by atoms with Crippen molar-refractivity contribution in [2.45, 2.75) is 25.9 Å². The molecule has 0 radical (unpaired) electrons. The minimum atomic E-state index is -0.780. The zero-order valence-electron chi connectivity index (χ0n) is 14.6. The van der Waals surface area contributed by atoms with E-state index in [1.54, 1.807) is 13.8 Å². The van der Waals surface area contributed by atoms with Crippen molar-refractivity contribution in [2.24, 2.45) is 11.7 Å². The van der Waals surface area contributed by atoms with Crippen LogP contribution in [0.5, 0.6) is 5.75 Å². The molecule has 0 aromatic heterocycles. The first-order chi connectivity index (χ1) is 11.9. The lowest BCUT2D eigenvalue weighted by Crippen LogP contribution is -2.42. The molecule has 0 spiro atoms. The van der Waals surface area contributed by atoms with Gasteiger partial charge in [-0.1, -0.05) is 37.3 Å². The number of nitrogens with one attached hydrogen (secondary N) is 1. The molecule has 0 bridgehead atoms. The number of amides is 1. The third-order valence-electron chi connectivity index (χ3n) is 3.91. The number of carbonyl (C=O) groups is 1. The summed E-state index contributed by atoms with van der Waals surface area (Å²) in [6.07, 6.45) is 0. The van der Waals surface area contributed by atoms with Gasteiger partial charge in [0.05, 0.1) is 12.0 Å². The number of hydrogen-bond acceptors (Lipinski definition) is 3. The highest BCUT2D eigenvalue weighted by molar-refractivity contribution is 5.85. The van der Waals surface area contributed by atoms with Gasteiger partial charge in [0.15, 0.2) is 11.6 Å². The second kappa shape index (κ2) is 10.1. The van der Waals surface area contributed by atoms with E-state index < -0.39 is 23.6 Å². The minimum absolute atomic E-state index is 0.